The summed E-state index contributed by atoms with van der Waals surface area (Å²) in [5.74, 6) is 0.686. The summed E-state index contributed by atoms with van der Waals surface area (Å²) in [6.07, 6.45) is 0. The minimum absolute atomic E-state index is 0.209. The van der Waals surface area contributed by atoms with Crippen molar-refractivity contribution in [2.24, 2.45) is 17.1 Å². The van der Waals surface area contributed by atoms with Crippen LogP contribution >= 0.6 is 0 Å². The molecule has 0 aromatic carbocycles. The molecule has 2 N–H and O–H groups in total. The molecule has 0 heterocycles. The van der Waals surface area contributed by atoms with Crippen LogP contribution < -0.4 is 5.73 Å². The van der Waals surface area contributed by atoms with Crippen molar-refractivity contribution >= 4 is 0 Å². The Kier molecular flexibility index (Phi) is 5.99. The highest BCUT2D eigenvalue weighted by atomic mass is 15.2. The Hall–Kier alpha value is -0.0800. The SMILES string of the molecule is CC(C)CN(C(C)C)C(C(C)N)C(C)(C)C. The van der Waals surface area contributed by atoms with E-state index in [-0.39, 0.29) is 11.5 Å². The van der Waals surface area contributed by atoms with E-state index >= 15 is 0 Å². The van der Waals surface area contributed by atoms with E-state index < -0.39 is 0 Å². The van der Waals surface area contributed by atoms with Gasteiger partial charge in [0, 0.05) is 24.7 Å². The predicted octanol–water partition coefficient (Wildman–Crippen LogP) is 3.11. The normalized spacial score (nSPS) is 17.2. The van der Waals surface area contributed by atoms with E-state index in [2.05, 4.69) is 60.3 Å². The molecule has 2 heteroatoms. The second kappa shape index (κ2) is 6.02. The molecule has 0 spiro atoms. The quantitative estimate of drug-likeness (QED) is 0.783. The topological polar surface area (TPSA) is 29.3 Å². The summed E-state index contributed by atoms with van der Waals surface area (Å²) in [5, 5.41) is 0. The second-order valence-electron chi connectivity index (χ2n) is 6.85. The molecule has 0 aliphatic carbocycles. The van der Waals surface area contributed by atoms with Gasteiger partial charge in [-0.3, -0.25) is 4.90 Å². The fourth-order valence-electron chi connectivity index (χ4n) is 2.66. The number of hydrogen-bond acceptors (Lipinski definition) is 2. The molecule has 0 aliphatic rings. The lowest BCUT2D eigenvalue weighted by Crippen LogP contribution is -2.56. The highest BCUT2D eigenvalue weighted by molar-refractivity contribution is 4.90. The Bertz CT molecular complexity index is 189. The minimum Gasteiger partial charge on any atom is -0.327 e. The number of nitrogens with two attached hydrogens (primary N) is 1. The van der Waals surface area contributed by atoms with Gasteiger partial charge >= 0.3 is 0 Å². The molecule has 0 fully saturated rings. The van der Waals surface area contributed by atoms with Crippen molar-refractivity contribution < 1.29 is 0 Å². The van der Waals surface area contributed by atoms with Crippen LogP contribution in [-0.4, -0.2) is 29.6 Å². The van der Waals surface area contributed by atoms with E-state index in [0.29, 0.717) is 18.0 Å². The highest BCUT2D eigenvalue weighted by Gasteiger charge is 2.34. The molecule has 0 bridgehead atoms. The molecule has 0 aromatic heterocycles. The van der Waals surface area contributed by atoms with Crippen molar-refractivity contribution in [1.29, 1.82) is 0 Å². The van der Waals surface area contributed by atoms with Gasteiger partial charge in [0.2, 0.25) is 0 Å². The van der Waals surface area contributed by atoms with Gasteiger partial charge in [0.05, 0.1) is 0 Å². The summed E-state index contributed by atoms with van der Waals surface area (Å²) >= 11 is 0. The van der Waals surface area contributed by atoms with E-state index in [1.165, 1.54) is 0 Å². The molecule has 0 saturated carbocycles. The first-order chi connectivity index (χ1) is 7.07. The third-order valence-electron chi connectivity index (χ3n) is 2.98. The Labute approximate surface area is 103 Å². The third kappa shape index (κ3) is 4.84. The van der Waals surface area contributed by atoms with Crippen LogP contribution in [0.25, 0.3) is 0 Å². The molecule has 2 nitrogen and oxygen atoms in total. The third-order valence-corrected chi connectivity index (χ3v) is 2.98. The van der Waals surface area contributed by atoms with Crippen LogP contribution in [0.1, 0.15) is 55.4 Å². The van der Waals surface area contributed by atoms with Gasteiger partial charge in [-0.25, -0.2) is 0 Å². The van der Waals surface area contributed by atoms with Gasteiger partial charge in [0.25, 0.3) is 0 Å². The fourth-order valence-corrected chi connectivity index (χ4v) is 2.66. The molecule has 98 valence electrons. The molecule has 0 saturated heterocycles. The highest BCUT2D eigenvalue weighted by Crippen LogP contribution is 2.28. The van der Waals surface area contributed by atoms with Crippen LogP contribution in [0.3, 0.4) is 0 Å². The van der Waals surface area contributed by atoms with Crippen molar-refractivity contribution in [3.8, 4) is 0 Å². The zero-order chi connectivity index (χ0) is 13.1. The zero-order valence-electron chi connectivity index (χ0n) is 12.5. The maximum Gasteiger partial charge on any atom is 0.0295 e. The van der Waals surface area contributed by atoms with Crippen molar-refractivity contribution in [3.63, 3.8) is 0 Å². The smallest absolute Gasteiger partial charge is 0.0295 e. The van der Waals surface area contributed by atoms with Crippen molar-refractivity contribution in [1.82, 2.24) is 4.90 Å². The lowest BCUT2D eigenvalue weighted by molar-refractivity contribution is 0.0457. The predicted molar refractivity (Wildman–Crippen MR) is 73.6 cm³/mol. The molecule has 0 radical (unpaired) electrons. The number of nitrogens with zero attached hydrogens (tertiary/aromatic N) is 1. The first-order valence-corrected chi connectivity index (χ1v) is 6.58. The maximum atomic E-state index is 6.20. The summed E-state index contributed by atoms with van der Waals surface area (Å²) in [5.41, 5.74) is 6.43. The van der Waals surface area contributed by atoms with Crippen LogP contribution in [-0.2, 0) is 0 Å². The van der Waals surface area contributed by atoms with E-state index in [1.54, 1.807) is 0 Å². The van der Waals surface area contributed by atoms with Gasteiger partial charge in [-0.1, -0.05) is 34.6 Å². The molecule has 0 aliphatic heterocycles. The Balaban J connectivity index is 4.96. The summed E-state index contributed by atoms with van der Waals surface area (Å²) in [7, 11) is 0. The van der Waals surface area contributed by atoms with E-state index in [0.717, 1.165) is 6.54 Å². The van der Waals surface area contributed by atoms with Gasteiger partial charge in [-0.15, -0.1) is 0 Å². The first-order valence-electron chi connectivity index (χ1n) is 6.58. The minimum atomic E-state index is 0.209. The molecule has 2 unspecified atom stereocenters. The van der Waals surface area contributed by atoms with Gasteiger partial charge in [-0.2, -0.15) is 0 Å². The molecule has 0 amide bonds. The number of hydrogen-bond donors (Lipinski definition) is 1. The summed E-state index contributed by atoms with van der Waals surface area (Å²) in [6, 6.07) is 1.20. The van der Waals surface area contributed by atoms with Crippen molar-refractivity contribution in [2.45, 2.75) is 73.5 Å². The molecular weight excluding hydrogens is 196 g/mol. The molecule has 0 aromatic rings. The summed E-state index contributed by atoms with van der Waals surface area (Å²) < 4.78 is 0. The van der Waals surface area contributed by atoms with Gasteiger partial charge in [-0.05, 0) is 32.1 Å². The second-order valence-corrected chi connectivity index (χ2v) is 6.85. The maximum absolute atomic E-state index is 6.20. The Morgan fingerprint density at radius 2 is 1.44 bits per heavy atom. The Morgan fingerprint density at radius 1 is 1.00 bits per heavy atom. The molecule has 0 rings (SSSR count). The van der Waals surface area contributed by atoms with Crippen LogP contribution in [0.5, 0.6) is 0 Å². The van der Waals surface area contributed by atoms with Gasteiger partial charge in [0.15, 0.2) is 0 Å². The van der Waals surface area contributed by atoms with E-state index in [4.69, 9.17) is 5.73 Å². The monoisotopic (exact) mass is 228 g/mol. The van der Waals surface area contributed by atoms with Crippen molar-refractivity contribution in [3.05, 3.63) is 0 Å². The molecule has 16 heavy (non-hydrogen) atoms. The molecular formula is C14H32N2. The number of rotatable bonds is 5. The zero-order valence-corrected chi connectivity index (χ0v) is 12.5. The van der Waals surface area contributed by atoms with Crippen LogP contribution in [0, 0.1) is 11.3 Å². The average Bonchev–Trinajstić information content (AvgIpc) is 1.97. The van der Waals surface area contributed by atoms with E-state index in [9.17, 15) is 0 Å². The average molecular weight is 228 g/mol. The molecule has 2 atom stereocenters. The van der Waals surface area contributed by atoms with Crippen LogP contribution in [0.15, 0.2) is 0 Å². The van der Waals surface area contributed by atoms with Crippen LogP contribution in [0.4, 0.5) is 0 Å². The summed E-state index contributed by atoms with van der Waals surface area (Å²) in [4.78, 5) is 2.56. The first kappa shape index (κ1) is 15.9. The van der Waals surface area contributed by atoms with Crippen molar-refractivity contribution in [2.75, 3.05) is 6.54 Å². The Morgan fingerprint density at radius 3 is 1.62 bits per heavy atom. The lowest BCUT2D eigenvalue weighted by Gasteiger charge is -2.45. The van der Waals surface area contributed by atoms with Gasteiger partial charge in [0.1, 0.15) is 0 Å². The fraction of sp³-hybridized carbons (Fsp3) is 1.00. The summed E-state index contributed by atoms with van der Waals surface area (Å²) in [6.45, 7) is 19.2. The van der Waals surface area contributed by atoms with Gasteiger partial charge < -0.3 is 5.73 Å². The van der Waals surface area contributed by atoms with Crippen LogP contribution in [0.2, 0.25) is 0 Å². The van der Waals surface area contributed by atoms with E-state index in [1.807, 2.05) is 0 Å². The largest absolute Gasteiger partial charge is 0.327 e. The standard InChI is InChI=1S/C14H32N2/c1-10(2)9-16(11(3)4)13(12(5)15)14(6,7)8/h10-13H,9,15H2,1-8H3. The lowest BCUT2D eigenvalue weighted by atomic mass is 9.81.